The van der Waals surface area contributed by atoms with Gasteiger partial charge in [-0.1, -0.05) is 30.3 Å². The number of nitrogens with one attached hydrogen (secondary N) is 2. The summed E-state index contributed by atoms with van der Waals surface area (Å²) >= 11 is 0. The van der Waals surface area contributed by atoms with Crippen LogP contribution in [0.15, 0.2) is 71.5 Å². The normalized spacial score (nSPS) is 11.5. The van der Waals surface area contributed by atoms with Gasteiger partial charge in [0.2, 0.25) is 5.75 Å². The van der Waals surface area contributed by atoms with E-state index >= 15 is 0 Å². The lowest BCUT2D eigenvalue weighted by Crippen LogP contribution is -2.24. The van der Waals surface area contributed by atoms with Crippen LogP contribution in [0.2, 0.25) is 0 Å². The first-order chi connectivity index (χ1) is 18.0. The summed E-state index contributed by atoms with van der Waals surface area (Å²) in [4.78, 5) is 34.4. The first-order valence-electron chi connectivity index (χ1n) is 11.3. The summed E-state index contributed by atoms with van der Waals surface area (Å²) in [7, 11) is 4.56. The van der Waals surface area contributed by atoms with Crippen molar-refractivity contribution in [1.82, 2.24) is 24.9 Å². The van der Waals surface area contributed by atoms with Gasteiger partial charge in [0, 0.05) is 10.9 Å². The summed E-state index contributed by atoms with van der Waals surface area (Å²) in [5, 5.41) is 6.32. The van der Waals surface area contributed by atoms with Gasteiger partial charge >= 0.3 is 5.69 Å². The van der Waals surface area contributed by atoms with Crippen LogP contribution in [0.1, 0.15) is 21.7 Å². The molecule has 0 aliphatic carbocycles. The van der Waals surface area contributed by atoms with E-state index in [0.717, 1.165) is 0 Å². The lowest BCUT2D eigenvalue weighted by molar-refractivity contribution is 0.0973. The molecule has 2 heterocycles. The van der Waals surface area contributed by atoms with Crippen LogP contribution in [-0.2, 0) is 0 Å². The molecule has 37 heavy (non-hydrogen) atoms. The number of amides is 1. The first kappa shape index (κ1) is 23.6. The number of para-hydroxylation sites is 1. The van der Waals surface area contributed by atoms with Crippen LogP contribution in [0.5, 0.6) is 17.2 Å². The number of benzene rings is 3. The highest BCUT2D eigenvalue weighted by molar-refractivity contribution is 6.02. The number of aromatic amines is 1. The van der Waals surface area contributed by atoms with E-state index in [4.69, 9.17) is 19.2 Å². The highest BCUT2D eigenvalue weighted by Crippen LogP contribution is 2.39. The Balaban J connectivity index is 1.75. The van der Waals surface area contributed by atoms with Crippen LogP contribution in [0.3, 0.4) is 0 Å². The molecule has 1 amide bonds. The molecule has 186 valence electrons. The minimum absolute atomic E-state index is 0.279. The molecule has 0 bridgehead atoms. The number of hydrogen-bond acceptors (Lipinski definition) is 7. The monoisotopic (exact) mass is 497 g/mol. The number of rotatable bonds is 7. The quantitative estimate of drug-likeness (QED) is 0.353. The molecule has 0 saturated carbocycles. The summed E-state index contributed by atoms with van der Waals surface area (Å²) in [6.45, 7) is 0. The Morgan fingerprint density at radius 3 is 2.27 bits per heavy atom. The molecule has 0 aliphatic rings. The molecule has 10 nitrogen and oxygen atoms in total. The maximum atomic E-state index is 13.2. The van der Waals surface area contributed by atoms with E-state index in [9.17, 15) is 9.59 Å². The second-order valence-corrected chi connectivity index (χ2v) is 7.98. The van der Waals surface area contributed by atoms with Crippen LogP contribution in [0.25, 0.3) is 28.3 Å². The largest absolute Gasteiger partial charge is 0.493 e. The number of carbonyl (C=O) groups excluding carboxylic acids is 1. The SMILES string of the molecule is COc1cc(/C=C(\NC(=O)c2ccccc2)c2nc3ccccc3c3nc(=O)[nH]n23)cc(OC)c1OC. The molecule has 2 N–H and O–H groups in total. The maximum Gasteiger partial charge on any atom is 0.362 e. The Kier molecular flexibility index (Phi) is 6.29. The standard InChI is InChI=1S/C27H23N5O5/c1-35-21-14-16(15-22(36-2)23(21)37-3)13-20(29-26(33)17-9-5-4-6-10-17)25-28-19-12-8-7-11-18(19)24-30-27(34)31-32(24)25/h4-15H,1-3H3,(H,29,33)(H,31,34)/b20-13-. The zero-order valence-electron chi connectivity index (χ0n) is 20.3. The van der Waals surface area contributed by atoms with Crippen molar-refractivity contribution in [1.29, 1.82) is 0 Å². The molecule has 0 radical (unpaired) electrons. The van der Waals surface area contributed by atoms with Gasteiger partial charge in [-0.05, 0) is 48.0 Å². The molecule has 0 aliphatic heterocycles. The molecule has 0 saturated heterocycles. The van der Waals surface area contributed by atoms with Crippen molar-refractivity contribution in [2.45, 2.75) is 0 Å². The minimum Gasteiger partial charge on any atom is -0.493 e. The Labute approximate surface area is 211 Å². The fourth-order valence-corrected chi connectivity index (χ4v) is 4.05. The third kappa shape index (κ3) is 4.47. The number of nitrogens with zero attached hydrogens (tertiary/aromatic N) is 3. The van der Waals surface area contributed by atoms with Crippen LogP contribution in [0.4, 0.5) is 0 Å². The maximum absolute atomic E-state index is 13.2. The van der Waals surface area contributed by atoms with Crippen molar-refractivity contribution in [2.75, 3.05) is 21.3 Å². The highest BCUT2D eigenvalue weighted by atomic mass is 16.5. The van der Waals surface area contributed by atoms with E-state index < -0.39 is 5.69 Å². The van der Waals surface area contributed by atoms with Gasteiger partial charge in [-0.15, -0.1) is 0 Å². The molecule has 2 aromatic heterocycles. The van der Waals surface area contributed by atoms with Crippen LogP contribution < -0.4 is 25.2 Å². The van der Waals surface area contributed by atoms with Crippen molar-refractivity contribution >= 4 is 34.2 Å². The molecule has 0 atom stereocenters. The Bertz CT molecular complexity index is 1680. The van der Waals surface area contributed by atoms with Gasteiger partial charge in [0.05, 0.1) is 32.5 Å². The number of methoxy groups -OCH3 is 3. The van der Waals surface area contributed by atoms with E-state index in [1.807, 2.05) is 30.3 Å². The van der Waals surface area contributed by atoms with E-state index in [0.29, 0.717) is 50.6 Å². The Hall–Kier alpha value is -5.12. The molecular weight excluding hydrogens is 474 g/mol. The van der Waals surface area contributed by atoms with Crippen LogP contribution in [0, 0.1) is 0 Å². The number of H-pyrrole nitrogens is 1. The molecule has 0 fully saturated rings. The van der Waals surface area contributed by atoms with Crippen molar-refractivity contribution < 1.29 is 19.0 Å². The Morgan fingerprint density at radius 1 is 0.919 bits per heavy atom. The van der Waals surface area contributed by atoms with Crippen molar-refractivity contribution in [3.8, 4) is 17.2 Å². The van der Waals surface area contributed by atoms with Gasteiger partial charge in [-0.25, -0.2) is 19.4 Å². The molecule has 0 spiro atoms. The number of ether oxygens (including phenoxy) is 3. The number of aromatic nitrogens is 4. The summed E-state index contributed by atoms with van der Waals surface area (Å²) in [5.74, 6) is 1.23. The summed E-state index contributed by atoms with van der Waals surface area (Å²) in [5.41, 5.74) is 1.84. The zero-order chi connectivity index (χ0) is 25.9. The van der Waals surface area contributed by atoms with Gasteiger partial charge in [0.25, 0.3) is 5.91 Å². The minimum atomic E-state index is -0.541. The fraction of sp³-hybridized carbons (Fsp3) is 0.111. The predicted molar refractivity (Wildman–Crippen MR) is 139 cm³/mol. The topological polar surface area (TPSA) is 120 Å². The van der Waals surface area contributed by atoms with E-state index in [-0.39, 0.29) is 11.7 Å². The lowest BCUT2D eigenvalue weighted by atomic mass is 10.1. The molecular formula is C27H23N5O5. The second-order valence-electron chi connectivity index (χ2n) is 7.98. The average Bonchev–Trinajstić information content (AvgIpc) is 3.33. The Morgan fingerprint density at radius 2 is 1.59 bits per heavy atom. The van der Waals surface area contributed by atoms with Crippen molar-refractivity contribution in [2.24, 2.45) is 0 Å². The summed E-state index contributed by atoms with van der Waals surface area (Å²) in [6.07, 6.45) is 1.71. The number of carbonyl (C=O) groups is 1. The summed E-state index contributed by atoms with van der Waals surface area (Å²) < 4.78 is 17.9. The van der Waals surface area contributed by atoms with Gasteiger partial charge in [-0.2, -0.15) is 4.98 Å². The average molecular weight is 498 g/mol. The molecule has 10 heteroatoms. The van der Waals surface area contributed by atoms with Crippen molar-refractivity contribution in [3.05, 3.63) is 94.2 Å². The van der Waals surface area contributed by atoms with Crippen molar-refractivity contribution in [3.63, 3.8) is 0 Å². The van der Waals surface area contributed by atoms with E-state index in [1.54, 1.807) is 42.5 Å². The third-order valence-electron chi connectivity index (χ3n) is 5.73. The molecule has 3 aromatic carbocycles. The van der Waals surface area contributed by atoms with E-state index in [2.05, 4.69) is 15.4 Å². The number of fused-ring (bicyclic) bond motifs is 3. The highest BCUT2D eigenvalue weighted by Gasteiger charge is 2.19. The molecule has 5 aromatic rings. The molecule has 5 rings (SSSR count). The van der Waals surface area contributed by atoms with Crippen LogP contribution >= 0.6 is 0 Å². The fourth-order valence-electron chi connectivity index (χ4n) is 4.05. The van der Waals surface area contributed by atoms with E-state index in [1.165, 1.54) is 25.8 Å². The molecule has 0 unspecified atom stereocenters. The second kappa shape index (κ2) is 9.86. The van der Waals surface area contributed by atoms with Gasteiger partial charge < -0.3 is 19.5 Å². The predicted octanol–water partition coefficient (Wildman–Crippen LogP) is 3.52. The van der Waals surface area contributed by atoms with Gasteiger partial charge in [0.1, 0.15) is 0 Å². The van der Waals surface area contributed by atoms with Gasteiger partial charge in [0.15, 0.2) is 23.0 Å². The van der Waals surface area contributed by atoms with Crippen LogP contribution in [-0.4, -0.2) is 46.8 Å². The number of hydrogen-bond donors (Lipinski definition) is 2. The van der Waals surface area contributed by atoms with Gasteiger partial charge in [-0.3, -0.25) is 4.79 Å². The lowest BCUT2D eigenvalue weighted by Gasteiger charge is -2.15. The first-order valence-corrected chi connectivity index (χ1v) is 11.3. The smallest absolute Gasteiger partial charge is 0.362 e. The third-order valence-corrected chi connectivity index (χ3v) is 5.73. The zero-order valence-corrected chi connectivity index (χ0v) is 20.3. The summed E-state index contributed by atoms with van der Waals surface area (Å²) in [6, 6.07) is 19.6.